The molecule has 2 N–H and O–H groups in total. The average molecular weight is 1220 g/mol. The molecule has 8 aliphatic heterocycles. The second-order valence-corrected chi connectivity index (χ2v) is 25.9. The highest BCUT2D eigenvalue weighted by molar-refractivity contribution is 6.36. The smallest absolute Gasteiger partial charge is 0.387 e. The van der Waals surface area contributed by atoms with Crippen LogP contribution < -0.4 is 25.0 Å². The van der Waals surface area contributed by atoms with E-state index in [0.29, 0.717) is 98.4 Å². The van der Waals surface area contributed by atoms with Crippen molar-refractivity contribution >= 4 is 55.7 Å². The van der Waals surface area contributed by atoms with Crippen LogP contribution in [0, 0.1) is 18.6 Å². The molecule has 0 spiro atoms. The molecule has 20 heteroatoms. The Labute approximate surface area is 514 Å². The summed E-state index contributed by atoms with van der Waals surface area (Å²) in [4.78, 5) is 33.3. The van der Waals surface area contributed by atoms with Crippen LogP contribution in [0.1, 0.15) is 102 Å². The Balaban J connectivity index is 0.000000155. The number of nitrogens with zero attached hydrogens (tertiary/aromatic N) is 9. The summed E-state index contributed by atoms with van der Waals surface area (Å²) in [7, 11) is 0. The van der Waals surface area contributed by atoms with Crippen molar-refractivity contribution in [3.8, 4) is 34.3 Å². The standard InChI is InChI=1S/C36H42ClF2N5O.C32H33F3N6O2/c1-3-7-31(45-22-36-15-6-17-44(36)27(18-38)14-16-36)42-35(43-20-25-12-13-26(21-43)41-25)29-19-40-34(33(39)23(29)2)28-10-4-8-24-9-5-11-30(37)32(24)28;33-26-27(22-7-1-5-19-6-2-8-24(25(19)22)43-30(34)35)36-15-23-28(26)38-31(42-18-32-11-3-13-41(32)14-4-12-32)39-29(23)40-16-20-9-10-21(17-40)37-20/h4-5,7-11,19,25-27,41H,3,6,12-18,20-22H2,1-2H3;1-2,5-8,15,20-21,30,37H,3-4,9-14,16-18H2/b31-7-,42-35+;. The molecule has 8 saturated heterocycles. The first-order valence-electron chi connectivity index (χ1n) is 31.7. The van der Waals surface area contributed by atoms with E-state index in [1.807, 2.05) is 49.4 Å². The zero-order valence-electron chi connectivity index (χ0n) is 49.9. The molecule has 3 aromatic heterocycles. The minimum Gasteiger partial charge on any atom is -0.476 e. The highest BCUT2D eigenvalue weighted by Gasteiger charge is 2.50. The fraction of sp³-hybridized carbons (Fsp3) is 0.485. The van der Waals surface area contributed by atoms with E-state index in [1.54, 1.807) is 42.7 Å². The number of alkyl halides is 3. The summed E-state index contributed by atoms with van der Waals surface area (Å²) in [6.07, 6.45) is 18.8. The summed E-state index contributed by atoms with van der Waals surface area (Å²) in [5, 5.41) is 11.1. The Bertz CT molecular complexity index is 3790. The van der Waals surface area contributed by atoms with Crippen LogP contribution in [0.25, 0.3) is 55.0 Å². The molecule has 0 amide bonds. The van der Waals surface area contributed by atoms with Crippen molar-refractivity contribution in [2.24, 2.45) is 4.99 Å². The third-order valence-corrected chi connectivity index (χ3v) is 20.5. The number of likely N-dealkylation sites (tertiary alicyclic amines) is 1. The largest absolute Gasteiger partial charge is 0.476 e. The van der Waals surface area contributed by atoms with Crippen molar-refractivity contribution in [2.75, 3.05) is 70.6 Å². The van der Waals surface area contributed by atoms with Crippen molar-refractivity contribution in [1.82, 2.24) is 45.3 Å². The number of rotatable bonds is 15. The predicted molar refractivity (Wildman–Crippen MR) is 334 cm³/mol. The van der Waals surface area contributed by atoms with Gasteiger partial charge in [0.15, 0.2) is 11.6 Å². The van der Waals surface area contributed by atoms with E-state index in [0.717, 1.165) is 140 Å². The van der Waals surface area contributed by atoms with Gasteiger partial charge in [0.25, 0.3) is 0 Å². The SMILES string of the molecule is CC/C=C(/N=C(\c1cnc(-c2cccc3cccc(Cl)c23)c(F)c1C)N1CC2CCC(C1)N2)OCC12CCCN1C(CF)CC2.Fc1c(-c2cccc3cccc(OC(F)F)c23)ncc2c(N3CC4CCC(C3)N4)nc(OCC34CCCN3CCC4)nc12. The van der Waals surface area contributed by atoms with Crippen LogP contribution in [0.2, 0.25) is 5.02 Å². The van der Waals surface area contributed by atoms with Gasteiger partial charge in [0, 0.05) is 101 Å². The number of amidine groups is 1. The van der Waals surface area contributed by atoms with Crippen molar-refractivity contribution < 1.29 is 36.2 Å². The highest BCUT2D eigenvalue weighted by atomic mass is 35.5. The van der Waals surface area contributed by atoms with E-state index in [2.05, 4.69) is 47.1 Å². The molecule has 4 aromatic carbocycles. The van der Waals surface area contributed by atoms with E-state index in [1.165, 1.54) is 6.07 Å². The van der Waals surface area contributed by atoms with Gasteiger partial charge >= 0.3 is 12.6 Å². The number of fused-ring (bicyclic) bond motifs is 9. The first-order chi connectivity index (χ1) is 42.9. The Morgan fingerprint density at radius 2 is 1.36 bits per heavy atom. The summed E-state index contributed by atoms with van der Waals surface area (Å²) < 4.78 is 91.3. The lowest BCUT2D eigenvalue weighted by atomic mass is 9.95. The van der Waals surface area contributed by atoms with Crippen LogP contribution in [-0.4, -0.2) is 154 Å². The average Bonchev–Trinajstić information content (AvgIpc) is 2.36. The molecule has 4 bridgehead atoms. The van der Waals surface area contributed by atoms with Crippen LogP contribution in [0.3, 0.4) is 0 Å². The number of pyridine rings is 2. The number of ether oxygens (including phenoxy) is 3. The highest BCUT2D eigenvalue weighted by Crippen LogP contribution is 2.45. The third-order valence-electron chi connectivity index (χ3n) is 20.2. The maximum atomic E-state index is 16.7. The van der Waals surface area contributed by atoms with Gasteiger partial charge in [0.2, 0.25) is 5.88 Å². The number of aromatic nitrogens is 4. The molecule has 6 atom stereocenters. The van der Waals surface area contributed by atoms with Gasteiger partial charge in [-0.15, -0.1) is 0 Å². The molecular formula is C68H75ClF5N11O3. The molecule has 11 heterocycles. The van der Waals surface area contributed by atoms with Crippen LogP contribution in [0.15, 0.2) is 102 Å². The quantitative estimate of drug-likeness (QED) is 0.0438. The number of benzene rings is 4. The molecule has 8 aliphatic rings. The van der Waals surface area contributed by atoms with Gasteiger partial charge in [-0.05, 0) is 145 Å². The van der Waals surface area contributed by atoms with Crippen LogP contribution in [0.5, 0.6) is 11.8 Å². The van der Waals surface area contributed by atoms with Gasteiger partial charge < -0.3 is 34.6 Å². The van der Waals surface area contributed by atoms with Crippen molar-refractivity contribution in [1.29, 1.82) is 0 Å². The molecule has 88 heavy (non-hydrogen) atoms. The number of piperazine rings is 2. The summed E-state index contributed by atoms with van der Waals surface area (Å²) in [6.45, 7) is 7.61. The van der Waals surface area contributed by atoms with Gasteiger partial charge in [-0.1, -0.05) is 79.2 Å². The second-order valence-electron chi connectivity index (χ2n) is 25.5. The second kappa shape index (κ2) is 24.5. The minimum atomic E-state index is -3.02. The number of hydrogen-bond donors (Lipinski definition) is 2. The van der Waals surface area contributed by atoms with E-state index in [-0.39, 0.29) is 58.3 Å². The lowest BCUT2D eigenvalue weighted by Crippen LogP contribution is -2.53. The van der Waals surface area contributed by atoms with Crippen molar-refractivity contribution in [3.63, 3.8) is 0 Å². The first kappa shape index (κ1) is 58.9. The van der Waals surface area contributed by atoms with Crippen LogP contribution in [0.4, 0.5) is 27.8 Å². The molecular weight excluding hydrogens is 1150 g/mol. The van der Waals surface area contributed by atoms with Crippen LogP contribution >= 0.6 is 11.6 Å². The molecule has 8 fully saturated rings. The molecule has 15 rings (SSSR count). The fourth-order valence-corrected chi connectivity index (χ4v) is 16.3. The lowest BCUT2D eigenvalue weighted by molar-refractivity contribution is -0.0487. The summed E-state index contributed by atoms with van der Waals surface area (Å²) >= 11 is 6.61. The van der Waals surface area contributed by atoms with Crippen LogP contribution in [-0.2, 0) is 4.74 Å². The van der Waals surface area contributed by atoms with Crippen molar-refractivity contribution in [3.05, 3.63) is 125 Å². The summed E-state index contributed by atoms with van der Waals surface area (Å²) in [5.41, 5.74) is 2.41. The van der Waals surface area contributed by atoms with Gasteiger partial charge in [-0.25, -0.2) is 13.2 Å². The molecule has 462 valence electrons. The normalized spacial score (nSPS) is 25.1. The molecule has 7 aromatic rings. The number of nitrogens with one attached hydrogen (secondary N) is 2. The summed E-state index contributed by atoms with van der Waals surface area (Å²) in [6, 6.07) is 23.1. The minimum absolute atomic E-state index is 0.00995. The topological polar surface area (TPSA) is 129 Å². The van der Waals surface area contributed by atoms with E-state index in [9.17, 15) is 13.2 Å². The van der Waals surface area contributed by atoms with E-state index in [4.69, 9.17) is 40.8 Å². The predicted octanol–water partition coefficient (Wildman–Crippen LogP) is 13.0. The Morgan fingerprint density at radius 1 is 0.739 bits per heavy atom. The number of aliphatic imine (C=N–C) groups is 1. The Hall–Kier alpha value is -6.77. The van der Waals surface area contributed by atoms with E-state index >= 15 is 8.78 Å². The third kappa shape index (κ3) is 11.1. The van der Waals surface area contributed by atoms with Gasteiger partial charge in [0.1, 0.15) is 54.2 Å². The number of allylic oxidation sites excluding steroid dienone is 1. The van der Waals surface area contributed by atoms with Gasteiger partial charge in [-0.3, -0.25) is 19.8 Å². The maximum absolute atomic E-state index is 16.7. The van der Waals surface area contributed by atoms with E-state index < -0.39 is 12.4 Å². The zero-order valence-corrected chi connectivity index (χ0v) is 50.7. The monoisotopic (exact) mass is 1220 g/mol. The van der Waals surface area contributed by atoms with Crippen molar-refractivity contribution in [2.45, 2.75) is 145 Å². The van der Waals surface area contributed by atoms with Gasteiger partial charge in [-0.2, -0.15) is 23.7 Å². The zero-order chi connectivity index (χ0) is 60.3. The molecule has 0 radical (unpaired) electrons. The lowest BCUT2D eigenvalue weighted by Gasteiger charge is -2.36. The Kier molecular flexibility index (Phi) is 16.4. The number of anilines is 1. The Morgan fingerprint density at radius 3 is 2.06 bits per heavy atom. The number of hydrogen-bond acceptors (Lipinski definition) is 13. The number of halogens is 6. The summed E-state index contributed by atoms with van der Waals surface area (Å²) in [5.74, 6) is 0.774. The maximum Gasteiger partial charge on any atom is 0.387 e. The molecule has 0 aliphatic carbocycles. The molecule has 6 unspecified atom stereocenters. The fourth-order valence-electron chi connectivity index (χ4n) is 16.0. The molecule has 0 saturated carbocycles. The first-order valence-corrected chi connectivity index (χ1v) is 32.1. The molecule has 14 nitrogen and oxygen atoms in total. The van der Waals surface area contributed by atoms with Gasteiger partial charge in [0.05, 0.1) is 16.5 Å².